The van der Waals surface area contributed by atoms with Crippen molar-refractivity contribution in [2.45, 2.75) is 33.2 Å². The van der Waals surface area contributed by atoms with Gasteiger partial charge in [0, 0.05) is 6.54 Å². The maximum Gasteiger partial charge on any atom is 0.175 e. The highest BCUT2D eigenvalue weighted by Gasteiger charge is 2.12. The van der Waals surface area contributed by atoms with Crippen LogP contribution in [0.3, 0.4) is 0 Å². The molecule has 0 radical (unpaired) electrons. The van der Waals surface area contributed by atoms with Crippen LogP contribution in [0.15, 0.2) is 28.8 Å². The van der Waals surface area contributed by atoms with Crippen LogP contribution < -0.4 is 14.8 Å². The molecule has 1 aromatic carbocycles. The van der Waals surface area contributed by atoms with Crippen LogP contribution in [0.1, 0.15) is 32.3 Å². The third-order valence-electron chi connectivity index (χ3n) is 2.97. The Morgan fingerprint density at radius 1 is 1.35 bits per heavy atom. The topological polar surface area (TPSA) is 30.5 Å². The molecule has 3 nitrogen and oxygen atoms in total. The molecule has 1 N–H and O–H groups in total. The molecule has 0 amide bonds. The minimum Gasteiger partial charge on any atom is -0.493 e. The molecule has 4 heteroatoms. The van der Waals surface area contributed by atoms with Crippen LogP contribution in [0.5, 0.6) is 11.5 Å². The van der Waals surface area contributed by atoms with E-state index in [4.69, 9.17) is 9.47 Å². The standard InChI is InChI=1S/C16H24BrNO2/c1-5-7-18-10-13-8-14(17)16(15(9-13)19-4)20-11-12(3)6-2/h8-9,18H,3,5-7,10-11H2,1-2,4H3. The molecule has 1 aromatic rings. The number of ether oxygens (including phenoxy) is 2. The molecule has 112 valence electrons. The summed E-state index contributed by atoms with van der Waals surface area (Å²) in [6, 6.07) is 4.08. The summed E-state index contributed by atoms with van der Waals surface area (Å²) in [4.78, 5) is 0. The van der Waals surface area contributed by atoms with E-state index < -0.39 is 0 Å². The molecule has 0 heterocycles. The van der Waals surface area contributed by atoms with Crippen LogP contribution >= 0.6 is 15.9 Å². The maximum atomic E-state index is 5.80. The molecule has 0 saturated heterocycles. The number of nitrogens with one attached hydrogen (secondary N) is 1. The summed E-state index contributed by atoms with van der Waals surface area (Å²) in [5.41, 5.74) is 2.23. The van der Waals surface area contributed by atoms with Gasteiger partial charge >= 0.3 is 0 Å². The third kappa shape index (κ3) is 5.17. The number of methoxy groups -OCH3 is 1. The Labute approximate surface area is 130 Å². The fraction of sp³-hybridized carbons (Fsp3) is 0.500. The molecule has 0 aliphatic carbocycles. The van der Waals surface area contributed by atoms with E-state index in [1.807, 2.05) is 6.07 Å². The molecule has 0 aliphatic rings. The van der Waals surface area contributed by atoms with E-state index in [0.717, 1.165) is 47.5 Å². The SMILES string of the molecule is C=C(CC)COc1c(Br)cc(CNCCC)cc1OC. The molecule has 0 aliphatic heterocycles. The van der Waals surface area contributed by atoms with E-state index in [2.05, 4.69) is 47.7 Å². The van der Waals surface area contributed by atoms with E-state index in [1.165, 1.54) is 5.56 Å². The highest BCUT2D eigenvalue weighted by atomic mass is 79.9. The first-order valence-corrected chi connectivity index (χ1v) is 7.78. The van der Waals surface area contributed by atoms with Crippen molar-refractivity contribution in [3.8, 4) is 11.5 Å². The van der Waals surface area contributed by atoms with Crippen molar-refractivity contribution in [1.82, 2.24) is 5.32 Å². The van der Waals surface area contributed by atoms with Crippen molar-refractivity contribution < 1.29 is 9.47 Å². The lowest BCUT2D eigenvalue weighted by Crippen LogP contribution is -2.14. The summed E-state index contributed by atoms with van der Waals surface area (Å²) in [7, 11) is 1.66. The fourth-order valence-electron chi connectivity index (χ4n) is 1.70. The second-order valence-electron chi connectivity index (χ2n) is 4.68. The first-order chi connectivity index (χ1) is 9.62. The van der Waals surface area contributed by atoms with E-state index in [0.29, 0.717) is 6.61 Å². The van der Waals surface area contributed by atoms with Gasteiger partial charge in [0.15, 0.2) is 11.5 Å². The van der Waals surface area contributed by atoms with E-state index in [9.17, 15) is 0 Å². The normalized spacial score (nSPS) is 10.4. The van der Waals surface area contributed by atoms with Crippen molar-refractivity contribution >= 4 is 15.9 Å². The van der Waals surface area contributed by atoms with Gasteiger partial charge in [-0.2, -0.15) is 0 Å². The van der Waals surface area contributed by atoms with Gasteiger partial charge in [-0.3, -0.25) is 0 Å². The summed E-state index contributed by atoms with van der Waals surface area (Å²) >= 11 is 3.56. The molecule has 0 fully saturated rings. The van der Waals surface area contributed by atoms with Gasteiger partial charge in [-0.05, 0) is 58.6 Å². The summed E-state index contributed by atoms with van der Waals surface area (Å²) in [6.45, 7) is 10.5. The number of rotatable bonds is 9. The number of halogens is 1. The van der Waals surface area contributed by atoms with Gasteiger partial charge < -0.3 is 14.8 Å². The number of hydrogen-bond acceptors (Lipinski definition) is 3. The van der Waals surface area contributed by atoms with Crippen molar-refractivity contribution in [3.63, 3.8) is 0 Å². The zero-order valence-electron chi connectivity index (χ0n) is 12.6. The first kappa shape index (κ1) is 17.1. The molecule has 1 rings (SSSR count). The molecular weight excluding hydrogens is 318 g/mol. The lowest BCUT2D eigenvalue weighted by molar-refractivity contribution is 0.315. The molecule has 0 atom stereocenters. The summed E-state index contributed by atoms with van der Waals surface area (Å²) in [5.74, 6) is 1.48. The van der Waals surface area contributed by atoms with E-state index >= 15 is 0 Å². The summed E-state index contributed by atoms with van der Waals surface area (Å²) in [5, 5.41) is 3.38. The Bertz CT molecular complexity index is 446. The Morgan fingerprint density at radius 3 is 2.70 bits per heavy atom. The lowest BCUT2D eigenvalue weighted by atomic mass is 10.2. The van der Waals surface area contributed by atoms with Gasteiger partial charge in [-0.1, -0.05) is 20.4 Å². The molecular formula is C16H24BrNO2. The molecule has 0 unspecified atom stereocenters. The molecule has 0 spiro atoms. The van der Waals surface area contributed by atoms with Gasteiger partial charge in [0.25, 0.3) is 0 Å². The molecule has 0 bridgehead atoms. The average molecular weight is 342 g/mol. The minimum absolute atomic E-state index is 0.513. The molecule has 20 heavy (non-hydrogen) atoms. The van der Waals surface area contributed by atoms with Crippen LogP contribution in [0.25, 0.3) is 0 Å². The van der Waals surface area contributed by atoms with Crippen LogP contribution in [0.4, 0.5) is 0 Å². The predicted octanol–water partition coefficient (Wildman–Crippen LogP) is 4.30. The van der Waals surface area contributed by atoms with Gasteiger partial charge in [-0.15, -0.1) is 0 Å². The van der Waals surface area contributed by atoms with E-state index in [-0.39, 0.29) is 0 Å². The second kappa shape index (κ2) is 9.03. The summed E-state index contributed by atoms with van der Waals surface area (Å²) in [6.07, 6.45) is 2.04. The van der Waals surface area contributed by atoms with Crippen molar-refractivity contribution in [3.05, 3.63) is 34.3 Å². The molecule has 0 saturated carbocycles. The van der Waals surface area contributed by atoms with Crippen LogP contribution in [0, 0.1) is 0 Å². The van der Waals surface area contributed by atoms with Crippen molar-refractivity contribution in [2.75, 3.05) is 20.3 Å². The Hall–Kier alpha value is -1.00. The zero-order valence-corrected chi connectivity index (χ0v) is 14.2. The Kier molecular flexibility index (Phi) is 7.70. The maximum absolute atomic E-state index is 5.80. The number of benzene rings is 1. The second-order valence-corrected chi connectivity index (χ2v) is 5.53. The largest absolute Gasteiger partial charge is 0.493 e. The fourth-order valence-corrected chi connectivity index (χ4v) is 2.31. The highest BCUT2D eigenvalue weighted by molar-refractivity contribution is 9.10. The predicted molar refractivity (Wildman–Crippen MR) is 87.6 cm³/mol. The monoisotopic (exact) mass is 341 g/mol. The van der Waals surface area contributed by atoms with Gasteiger partial charge in [-0.25, -0.2) is 0 Å². The minimum atomic E-state index is 0.513. The van der Waals surface area contributed by atoms with Gasteiger partial charge in [0.1, 0.15) is 6.61 Å². The average Bonchev–Trinajstić information content (AvgIpc) is 2.45. The van der Waals surface area contributed by atoms with Gasteiger partial charge in [0.05, 0.1) is 11.6 Å². The van der Waals surface area contributed by atoms with E-state index in [1.54, 1.807) is 7.11 Å². The van der Waals surface area contributed by atoms with Crippen molar-refractivity contribution in [1.29, 1.82) is 0 Å². The molecule has 0 aromatic heterocycles. The smallest absolute Gasteiger partial charge is 0.175 e. The zero-order chi connectivity index (χ0) is 15.0. The lowest BCUT2D eigenvalue weighted by Gasteiger charge is -2.15. The van der Waals surface area contributed by atoms with Crippen LogP contribution in [-0.2, 0) is 6.54 Å². The Morgan fingerprint density at radius 2 is 2.10 bits per heavy atom. The third-order valence-corrected chi connectivity index (χ3v) is 3.55. The highest BCUT2D eigenvalue weighted by Crippen LogP contribution is 2.37. The number of hydrogen-bond donors (Lipinski definition) is 1. The van der Waals surface area contributed by atoms with Crippen LogP contribution in [0.2, 0.25) is 0 Å². The first-order valence-electron chi connectivity index (χ1n) is 6.98. The van der Waals surface area contributed by atoms with Crippen molar-refractivity contribution in [2.24, 2.45) is 0 Å². The quantitative estimate of drug-likeness (QED) is 0.536. The summed E-state index contributed by atoms with van der Waals surface area (Å²) < 4.78 is 12.1. The van der Waals surface area contributed by atoms with Gasteiger partial charge in [0.2, 0.25) is 0 Å². The Balaban J connectivity index is 2.81. The van der Waals surface area contributed by atoms with Crippen LogP contribution in [-0.4, -0.2) is 20.3 Å².